The number of ether oxygens (including phenoxy) is 2. The van der Waals surface area contributed by atoms with Gasteiger partial charge in [0.25, 0.3) is 0 Å². The van der Waals surface area contributed by atoms with E-state index in [0.717, 1.165) is 41.7 Å². The lowest BCUT2D eigenvalue weighted by Gasteiger charge is -2.23. The van der Waals surface area contributed by atoms with E-state index < -0.39 is 0 Å². The maximum Gasteiger partial charge on any atom is 0.246 e. The number of methoxy groups -OCH3 is 1. The van der Waals surface area contributed by atoms with E-state index in [-0.39, 0.29) is 24.7 Å². The molecule has 1 saturated heterocycles. The molecule has 1 aromatic carbocycles. The van der Waals surface area contributed by atoms with Crippen molar-refractivity contribution in [2.75, 3.05) is 26.8 Å². The Kier molecular flexibility index (Phi) is 6.67. The number of hydrogen-bond acceptors (Lipinski definition) is 4. The summed E-state index contributed by atoms with van der Waals surface area (Å²) in [6.45, 7) is 3.99. The van der Waals surface area contributed by atoms with Crippen molar-refractivity contribution >= 4 is 21.8 Å². The molecule has 1 heterocycles. The standard InChI is InChI=1S/C16H23BrN2O3/c1-11(12-3-4-15(21-2)14(17)9-12)19-16(20)10-22-13-5-7-18-8-6-13/h3-4,9,11,13,18H,5-8,10H2,1-2H3,(H,19,20). The first-order chi connectivity index (χ1) is 10.6. The number of carbonyl (C=O) groups excluding carboxylic acids is 1. The fourth-order valence-electron chi connectivity index (χ4n) is 2.47. The van der Waals surface area contributed by atoms with Gasteiger partial charge in [-0.2, -0.15) is 0 Å². The van der Waals surface area contributed by atoms with Crippen LogP contribution >= 0.6 is 15.9 Å². The summed E-state index contributed by atoms with van der Waals surface area (Å²) in [4.78, 5) is 12.0. The van der Waals surface area contributed by atoms with Gasteiger partial charge in [-0.1, -0.05) is 6.07 Å². The second-order valence-electron chi connectivity index (χ2n) is 5.44. The highest BCUT2D eigenvalue weighted by Gasteiger charge is 2.16. The van der Waals surface area contributed by atoms with Gasteiger partial charge in [0.05, 0.1) is 23.7 Å². The minimum atomic E-state index is -0.0852. The van der Waals surface area contributed by atoms with Crippen molar-refractivity contribution in [3.05, 3.63) is 28.2 Å². The van der Waals surface area contributed by atoms with E-state index >= 15 is 0 Å². The Morgan fingerprint density at radius 2 is 2.18 bits per heavy atom. The highest BCUT2D eigenvalue weighted by atomic mass is 79.9. The lowest BCUT2D eigenvalue weighted by atomic mass is 10.1. The first-order valence-corrected chi connectivity index (χ1v) is 8.34. The lowest BCUT2D eigenvalue weighted by molar-refractivity contribution is -0.128. The van der Waals surface area contributed by atoms with Crippen molar-refractivity contribution < 1.29 is 14.3 Å². The third kappa shape index (κ3) is 4.97. The topological polar surface area (TPSA) is 59.6 Å². The van der Waals surface area contributed by atoms with Gasteiger partial charge < -0.3 is 20.1 Å². The van der Waals surface area contributed by atoms with Crippen LogP contribution in [-0.4, -0.2) is 38.8 Å². The van der Waals surface area contributed by atoms with Crippen LogP contribution in [0.2, 0.25) is 0 Å². The molecular formula is C16H23BrN2O3. The van der Waals surface area contributed by atoms with Gasteiger partial charge in [-0.15, -0.1) is 0 Å². The summed E-state index contributed by atoms with van der Waals surface area (Å²) < 4.78 is 11.7. The van der Waals surface area contributed by atoms with E-state index in [1.165, 1.54) is 0 Å². The first kappa shape index (κ1) is 17.2. The third-order valence-corrected chi connectivity index (χ3v) is 4.41. The number of piperidine rings is 1. The van der Waals surface area contributed by atoms with Crippen LogP contribution in [0.4, 0.5) is 0 Å². The maximum absolute atomic E-state index is 12.0. The van der Waals surface area contributed by atoms with Crippen molar-refractivity contribution in [2.45, 2.75) is 31.9 Å². The van der Waals surface area contributed by atoms with Gasteiger partial charge in [-0.25, -0.2) is 0 Å². The number of nitrogens with one attached hydrogen (secondary N) is 2. The van der Waals surface area contributed by atoms with E-state index in [4.69, 9.17) is 9.47 Å². The molecule has 0 saturated carbocycles. The van der Waals surface area contributed by atoms with Crippen molar-refractivity contribution in [3.8, 4) is 5.75 Å². The lowest BCUT2D eigenvalue weighted by Crippen LogP contribution is -2.36. The van der Waals surface area contributed by atoms with Gasteiger partial charge >= 0.3 is 0 Å². The Morgan fingerprint density at radius 1 is 1.45 bits per heavy atom. The van der Waals surface area contributed by atoms with Crippen LogP contribution in [0.15, 0.2) is 22.7 Å². The molecule has 1 fully saturated rings. The molecule has 122 valence electrons. The quantitative estimate of drug-likeness (QED) is 0.806. The summed E-state index contributed by atoms with van der Waals surface area (Å²) >= 11 is 3.46. The third-order valence-electron chi connectivity index (χ3n) is 3.79. The average molecular weight is 371 g/mol. The molecule has 2 N–H and O–H groups in total. The Hall–Kier alpha value is -1.11. The van der Waals surface area contributed by atoms with E-state index in [1.807, 2.05) is 25.1 Å². The molecule has 0 aliphatic carbocycles. The normalized spacial score (nSPS) is 17.0. The van der Waals surface area contributed by atoms with E-state index in [2.05, 4.69) is 26.6 Å². The Bertz CT molecular complexity index is 504. The summed E-state index contributed by atoms with van der Waals surface area (Å²) in [5.41, 5.74) is 1.02. The number of hydrogen-bond donors (Lipinski definition) is 2. The number of carbonyl (C=O) groups is 1. The molecule has 2 rings (SSSR count). The molecule has 1 amide bonds. The molecule has 0 aromatic heterocycles. The molecule has 1 unspecified atom stereocenters. The molecule has 0 radical (unpaired) electrons. The van der Waals surface area contributed by atoms with E-state index in [0.29, 0.717) is 0 Å². The molecular weight excluding hydrogens is 348 g/mol. The second-order valence-corrected chi connectivity index (χ2v) is 6.30. The van der Waals surface area contributed by atoms with Crippen LogP contribution in [0.3, 0.4) is 0 Å². The zero-order chi connectivity index (χ0) is 15.9. The molecule has 0 spiro atoms. The van der Waals surface area contributed by atoms with Gasteiger partial charge in [-0.3, -0.25) is 4.79 Å². The van der Waals surface area contributed by atoms with Crippen LogP contribution in [-0.2, 0) is 9.53 Å². The van der Waals surface area contributed by atoms with Crippen LogP contribution in [0, 0.1) is 0 Å². The largest absolute Gasteiger partial charge is 0.496 e. The highest BCUT2D eigenvalue weighted by Crippen LogP contribution is 2.27. The van der Waals surface area contributed by atoms with Crippen molar-refractivity contribution in [1.29, 1.82) is 0 Å². The zero-order valence-electron chi connectivity index (χ0n) is 13.0. The van der Waals surface area contributed by atoms with Crippen molar-refractivity contribution in [2.24, 2.45) is 0 Å². The van der Waals surface area contributed by atoms with Crippen LogP contribution < -0.4 is 15.4 Å². The zero-order valence-corrected chi connectivity index (χ0v) is 14.6. The molecule has 5 nitrogen and oxygen atoms in total. The predicted molar refractivity (Wildman–Crippen MR) is 89.1 cm³/mol. The second kappa shape index (κ2) is 8.50. The fourth-order valence-corrected chi connectivity index (χ4v) is 3.03. The number of benzene rings is 1. The van der Waals surface area contributed by atoms with E-state index in [1.54, 1.807) is 7.11 Å². The average Bonchev–Trinajstić information content (AvgIpc) is 2.53. The summed E-state index contributed by atoms with van der Waals surface area (Å²) in [6, 6.07) is 5.71. The first-order valence-electron chi connectivity index (χ1n) is 7.55. The van der Waals surface area contributed by atoms with Crippen LogP contribution in [0.25, 0.3) is 0 Å². The predicted octanol–water partition coefficient (Wildman–Crippen LogP) is 2.40. The van der Waals surface area contributed by atoms with Crippen molar-refractivity contribution in [1.82, 2.24) is 10.6 Å². The molecule has 1 atom stereocenters. The smallest absolute Gasteiger partial charge is 0.246 e. The molecule has 22 heavy (non-hydrogen) atoms. The Balaban J connectivity index is 1.81. The van der Waals surface area contributed by atoms with Gasteiger partial charge in [0.15, 0.2) is 0 Å². The SMILES string of the molecule is COc1ccc(C(C)NC(=O)COC2CCNCC2)cc1Br. The maximum atomic E-state index is 12.0. The van der Waals surface area contributed by atoms with Crippen molar-refractivity contribution in [3.63, 3.8) is 0 Å². The monoisotopic (exact) mass is 370 g/mol. The summed E-state index contributed by atoms with van der Waals surface area (Å²) in [7, 11) is 1.63. The fraction of sp³-hybridized carbons (Fsp3) is 0.562. The van der Waals surface area contributed by atoms with Crippen LogP contribution in [0.1, 0.15) is 31.4 Å². The summed E-state index contributed by atoms with van der Waals surface area (Å²) in [6.07, 6.45) is 2.13. The van der Waals surface area contributed by atoms with Gasteiger partial charge in [0.1, 0.15) is 12.4 Å². The van der Waals surface area contributed by atoms with Crippen LogP contribution in [0.5, 0.6) is 5.75 Å². The summed E-state index contributed by atoms with van der Waals surface area (Å²) in [5, 5.41) is 6.23. The Morgan fingerprint density at radius 3 is 2.82 bits per heavy atom. The Labute approximate surface area is 139 Å². The molecule has 1 aliphatic rings. The minimum absolute atomic E-state index is 0.0775. The minimum Gasteiger partial charge on any atom is -0.496 e. The molecule has 1 aliphatic heterocycles. The van der Waals surface area contributed by atoms with Gasteiger partial charge in [0, 0.05) is 0 Å². The number of amides is 1. The van der Waals surface area contributed by atoms with E-state index in [9.17, 15) is 4.79 Å². The highest BCUT2D eigenvalue weighted by molar-refractivity contribution is 9.10. The molecule has 1 aromatic rings. The van der Waals surface area contributed by atoms with Gasteiger partial charge in [-0.05, 0) is 66.5 Å². The molecule has 0 bridgehead atoms. The number of rotatable bonds is 6. The molecule has 6 heteroatoms. The summed E-state index contributed by atoms with van der Waals surface area (Å²) in [5.74, 6) is 0.689. The number of halogens is 1. The van der Waals surface area contributed by atoms with Gasteiger partial charge in [0.2, 0.25) is 5.91 Å².